The van der Waals surface area contributed by atoms with Gasteiger partial charge in [-0.3, -0.25) is 4.98 Å². The third-order valence-electron chi connectivity index (χ3n) is 4.34. The van der Waals surface area contributed by atoms with Gasteiger partial charge in [0.15, 0.2) is 5.16 Å². The number of nitrogens with zero attached hydrogens (tertiary/aromatic N) is 4. The van der Waals surface area contributed by atoms with Crippen molar-refractivity contribution in [3.63, 3.8) is 0 Å². The predicted octanol–water partition coefficient (Wildman–Crippen LogP) is 3.06. The zero-order chi connectivity index (χ0) is 17.9. The largest absolute Gasteiger partial charge is 0.433 e. The third-order valence-corrected chi connectivity index (χ3v) is 5.43. The van der Waals surface area contributed by atoms with Crippen LogP contribution in [0, 0.1) is 5.92 Å². The first kappa shape index (κ1) is 18.2. The van der Waals surface area contributed by atoms with Crippen molar-refractivity contribution in [2.75, 3.05) is 13.1 Å². The number of hydrogen-bond donors (Lipinski definition) is 1. The van der Waals surface area contributed by atoms with E-state index in [1.165, 1.54) is 24.0 Å². The van der Waals surface area contributed by atoms with Crippen LogP contribution in [0.2, 0.25) is 0 Å². The highest BCUT2D eigenvalue weighted by atomic mass is 32.2. The van der Waals surface area contributed by atoms with Crippen LogP contribution in [0.5, 0.6) is 0 Å². The molecule has 0 saturated carbocycles. The van der Waals surface area contributed by atoms with Gasteiger partial charge >= 0.3 is 6.18 Å². The molecule has 3 rings (SSSR count). The average Bonchev–Trinajstić information content (AvgIpc) is 2.94. The summed E-state index contributed by atoms with van der Waals surface area (Å²) in [5.41, 5.74) is -0.148. The molecule has 2 aromatic rings. The first-order valence-electron chi connectivity index (χ1n) is 8.17. The molecule has 0 bridgehead atoms. The maximum Gasteiger partial charge on any atom is 0.433 e. The molecule has 1 saturated heterocycles. The van der Waals surface area contributed by atoms with Gasteiger partial charge in [0.2, 0.25) is 0 Å². The number of aromatic nitrogens is 4. The van der Waals surface area contributed by atoms with Gasteiger partial charge in [-0.05, 0) is 43.5 Å². The molecule has 1 aliphatic heterocycles. The van der Waals surface area contributed by atoms with Crippen molar-refractivity contribution in [3.8, 4) is 0 Å². The molecule has 1 aliphatic rings. The van der Waals surface area contributed by atoms with Crippen molar-refractivity contribution in [3.05, 3.63) is 35.4 Å². The Kier molecular flexibility index (Phi) is 5.63. The summed E-state index contributed by atoms with van der Waals surface area (Å²) < 4.78 is 39.6. The van der Waals surface area contributed by atoms with E-state index in [1.807, 2.05) is 11.6 Å². The SMILES string of the molecule is Cn1c(CC2CCNCC2)nnc1SCc1ccc(C(F)(F)F)nc1. The van der Waals surface area contributed by atoms with E-state index >= 15 is 0 Å². The van der Waals surface area contributed by atoms with E-state index in [2.05, 4.69) is 20.5 Å². The molecular formula is C16H20F3N5S. The van der Waals surface area contributed by atoms with Gasteiger partial charge in [-0.25, -0.2) is 0 Å². The molecule has 0 radical (unpaired) electrons. The molecule has 0 unspecified atom stereocenters. The highest BCUT2D eigenvalue weighted by Crippen LogP contribution is 2.28. The summed E-state index contributed by atoms with van der Waals surface area (Å²) in [5.74, 6) is 2.09. The highest BCUT2D eigenvalue weighted by Gasteiger charge is 2.32. The summed E-state index contributed by atoms with van der Waals surface area (Å²) in [5, 5.41) is 12.6. The summed E-state index contributed by atoms with van der Waals surface area (Å²) in [6.45, 7) is 2.09. The van der Waals surface area contributed by atoms with Gasteiger partial charge in [0.1, 0.15) is 11.5 Å². The number of rotatable bonds is 5. The van der Waals surface area contributed by atoms with E-state index in [9.17, 15) is 13.2 Å². The Bertz CT molecular complexity index is 693. The second-order valence-corrected chi connectivity index (χ2v) is 7.14. The smallest absolute Gasteiger partial charge is 0.317 e. The quantitative estimate of drug-likeness (QED) is 0.819. The fourth-order valence-electron chi connectivity index (χ4n) is 2.82. The van der Waals surface area contributed by atoms with Crippen molar-refractivity contribution in [1.29, 1.82) is 0 Å². The van der Waals surface area contributed by atoms with Crippen LogP contribution < -0.4 is 5.32 Å². The Labute approximate surface area is 148 Å². The van der Waals surface area contributed by atoms with E-state index in [-0.39, 0.29) is 0 Å². The third kappa shape index (κ3) is 4.72. The van der Waals surface area contributed by atoms with Crippen LogP contribution in [0.4, 0.5) is 13.2 Å². The molecule has 5 nitrogen and oxygen atoms in total. The molecule has 0 amide bonds. The Morgan fingerprint density at radius 3 is 2.64 bits per heavy atom. The lowest BCUT2D eigenvalue weighted by Crippen LogP contribution is -2.29. The fraction of sp³-hybridized carbons (Fsp3) is 0.562. The minimum Gasteiger partial charge on any atom is -0.317 e. The Hall–Kier alpha value is -1.61. The first-order chi connectivity index (χ1) is 11.9. The number of alkyl halides is 3. The minimum absolute atomic E-state index is 0.504. The second-order valence-electron chi connectivity index (χ2n) is 6.19. The fourth-order valence-corrected chi connectivity index (χ4v) is 3.68. The van der Waals surface area contributed by atoms with Crippen LogP contribution in [0.1, 0.15) is 29.9 Å². The zero-order valence-corrected chi connectivity index (χ0v) is 14.7. The van der Waals surface area contributed by atoms with Crippen LogP contribution in [0.3, 0.4) is 0 Å². The van der Waals surface area contributed by atoms with Gasteiger partial charge in [0.05, 0.1) is 0 Å². The van der Waals surface area contributed by atoms with Gasteiger partial charge in [-0.1, -0.05) is 17.8 Å². The molecule has 3 heterocycles. The molecule has 2 aromatic heterocycles. The first-order valence-corrected chi connectivity index (χ1v) is 9.16. The van der Waals surface area contributed by atoms with Gasteiger partial charge in [0, 0.05) is 25.4 Å². The van der Waals surface area contributed by atoms with Crippen molar-refractivity contribution in [2.24, 2.45) is 13.0 Å². The molecule has 9 heteroatoms. The lowest BCUT2D eigenvalue weighted by Gasteiger charge is -2.21. The number of nitrogens with one attached hydrogen (secondary N) is 1. The molecule has 25 heavy (non-hydrogen) atoms. The normalized spacial score (nSPS) is 16.3. The van der Waals surface area contributed by atoms with Crippen LogP contribution >= 0.6 is 11.8 Å². The standard InChI is InChI=1S/C16H20F3N5S/c1-24-14(8-11-4-6-20-7-5-11)22-23-15(24)25-10-12-2-3-13(21-9-12)16(17,18)19/h2-3,9,11,20H,4-8,10H2,1H3. The van der Waals surface area contributed by atoms with Crippen molar-refractivity contribution in [1.82, 2.24) is 25.1 Å². The van der Waals surface area contributed by atoms with E-state index in [0.717, 1.165) is 55.0 Å². The van der Waals surface area contributed by atoms with Gasteiger partial charge in [0.25, 0.3) is 0 Å². The molecule has 0 aromatic carbocycles. The molecule has 136 valence electrons. The number of thioether (sulfide) groups is 1. The maximum absolute atomic E-state index is 12.5. The second kappa shape index (κ2) is 7.74. The van der Waals surface area contributed by atoms with E-state index in [1.54, 1.807) is 0 Å². The average molecular weight is 371 g/mol. The van der Waals surface area contributed by atoms with Crippen LogP contribution in [0.15, 0.2) is 23.5 Å². The summed E-state index contributed by atoms with van der Waals surface area (Å²) in [6, 6.07) is 2.46. The topological polar surface area (TPSA) is 55.6 Å². The number of halogens is 3. The monoisotopic (exact) mass is 371 g/mol. The van der Waals surface area contributed by atoms with Crippen LogP contribution in [0.25, 0.3) is 0 Å². The molecule has 1 fully saturated rings. The molecule has 1 N–H and O–H groups in total. The predicted molar refractivity (Wildman–Crippen MR) is 89.1 cm³/mol. The van der Waals surface area contributed by atoms with Crippen molar-refractivity contribution >= 4 is 11.8 Å². The van der Waals surface area contributed by atoms with Gasteiger partial charge < -0.3 is 9.88 Å². The number of piperidine rings is 1. The summed E-state index contributed by atoms with van der Waals surface area (Å²) >= 11 is 1.45. The number of hydrogen-bond acceptors (Lipinski definition) is 5. The zero-order valence-electron chi connectivity index (χ0n) is 13.9. The van der Waals surface area contributed by atoms with E-state index in [4.69, 9.17) is 0 Å². The summed E-state index contributed by atoms with van der Waals surface area (Å²) in [4.78, 5) is 3.48. The summed E-state index contributed by atoms with van der Waals surface area (Å²) in [7, 11) is 1.93. The minimum atomic E-state index is -4.40. The van der Waals surface area contributed by atoms with E-state index < -0.39 is 11.9 Å². The van der Waals surface area contributed by atoms with Crippen molar-refractivity contribution in [2.45, 2.75) is 36.3 Å². The van der Waals surface area contributed by atoms with Crippen molar-refractivity contribution < 1.29 is 13.2 Å². The lowest BCUT2D eigenvalue weighted by atomic mass is 9.94. The maximum atomic E-state index is 12.5. The highest BCUT2D eigenvalue weighted by molar-refractivity contribution is 7.98. The Balaban J connectivity index is 1.58. The lowest BCUT2D eigenvalue weighted by molar-refractivity contribution is -0.141. The van der Waals surface area contributed by atoms with Crippen LogP contribution in [-0.2, 0) is 25.4 Å². The Morgan fingerprint density at radius 1 is 1.24 bits per heavy atom. The molecule has 0 aliphatic carbocycles. The van der Waals surface area contributed by atoms with Gasteiger partial charge in [-0.15, -0.1) is 10.2 Å². The van der Waals surface area contributed by atoms with Gasteiger partial charge in [-0.2, -0.15) is 13.2 Å². The number of pyridine rings is 1. The van der Waals surface area contributed by atoms with E-state index in [0.29, 0.717) is 11.7 Å². The summed E-state index contributed by atoms with van der Waals surface area (Å²) in [6.07, 6.45) is 0.0631. The Morgan fingerprint density at radius 2 is 2.00 bits per heavy atom. The molecular weight excluding hydrogens is 351 g/mol. The van der Waals surface area contributed by atoms with Crippen LogP contribution in [-0.4, -0.2) is 32.8 Å². The molecule has 0 spiro atoms. The molecule has 0 atom stereocenters.